The highest BCUT2D eigenvalue weighted by atomic mass is 35.5. The molecule has 1 aliphatic rings. The van der Waals surface area contributed by atoms with Crippen LogP contribution in [0.3, 0.4) is 0 Å². The van der Waals surface area contributed by atoms with E-state index >= 15 is 0 Å². The van der Waals surface area contributed by atoms with Gasteiger partial charge in [0.05, 0.1) is 5.88 Å². The zero-order valence-corrected chi connectivity index (χ0v) is 7.34. The van der Waals surface area contributed by atoms with Gasteiger partial charge in [0.15, 0.2) is 5.78 Å². The third-order valence-electron chi connectivity index (χ3n) is 2.37. The van der Waals surface area contributed by atoms with E-state index in [1.54, 1.807) is 0 Å². The van der Waals surface area contributed by atoms with Gasteiger partial charge in [0.2, 0.25) is 0 Å². The zero-order valence-electron chi connectivity index (χ0n) is 6.59. The van der Waals surface area contributed by atoms with E-state index in [0.717, 1.165) is 6.42 Å². The van der Waals surface area contributed by atoms with E-state index in [4.69, 9.17) is 11.6 Å². The maximum Gasteiger partial charge on any atom is 0.155 e. The largest absolute Gasteiger partial charge is 0.298 e. The number of halogens is 1. The zero-order chi connectivity index (χ0) is 8.55. The number of fused-ring (bicyclic) bond motifs is 1. The molecular formula is C10H9ClO. The normalized spacial score (nSPS) is 19.6. The fraction of sp³-hybridized carbons (Fsp3) is 0.300. The van der Waals surface area contributed by atoms with Crippen molar-refractivity contribution in [2.45, 2.75) is 12.3 Å². The molecule has 1 aromatic rings. The molecule has 0 radical (unpaired) electrons. The van der Waals surface area contributed by atoms with E-state index in [1.807, 2.05) is 18.2 Å². The summed E-state index contributed by atoms with van der Waals surface area (Å²) in [6.45, 7) is 0. The van der Waals surface area contributed by atoms with Gasteiger partial charge in [-0.15, -0.1) is 11.6 Å². The summed E-state index contributed by atoms with van der Waals surface area (Å²) in [5, 5.41) is 0. The molecule has 62 valence electrons. The van der Waals surface area contributed by atoms with Crippen LogP contribution in [0.4, 0.5) is 0 Å². The van der Waals surface area contributed by atoms with Gasteiger partial charge in [-0.05, 0) is 17.5 Å². The molecule has 2 heteroatoms. The molecule has 1 nitrogen and oxygen atoms in total. The number of carbonyl (C=O) groups is 1. The van der Waals surface area contributed by atoms with E-state index in [2.05, 4.69) is 6.07 Å². The average Bonchev–Trinajstić information content (AvgIpc) is 2.07. The molecule has 0 heterocycles. The maximum absolute atomic E-state index is 11.2. The molecule has 0 spiro atoms. The molecule has 1 aliphatic carbocycles. The van der Waals surface area contributed by atoms with Crippen LogP contribution in [0.1, 0.15) is 17.0 Å². The summed E-state index contributed by atoms with van der Waals surface area (Å²) in [5.41, 5.74) is 2.46. The monoisotopic (exact) mass is 180 g/mol. The summed E-state index contributed by atoms with van der Waals surface area (Å²) in [4.78, 5) is 11.2. The second kappa shape index (κ2) is 2.91. The Kier molecular flexibility index (Phi) is 1.89. The molecule has 0 amide bonds. The van der Waals surface area contributed by atoms with Crippen LogP contribution in [0.15, 0.2) is 24.3 Å². The SMILES string of the molecule is O=C(CCl)C1Cc2ccccc21. The van der Waals surface area contributed by atoms with Crippen LogP contribution in [0, 0.1) is 0 Å². The lowest BCUT2D eigenvalue weighted by Crippen LogP contribution is -2.25. The predicted molar refractivity (Wildman–Crippen MR) is 48.6 cm³/mol. The van der Waals surface area contributed by atoms with Crippen molar-refractivity contribution < 1.29 is 4.79 Å². The molecule has 0 bridgehead atoms. The summed E-state index contributed by atoms with van der Waals surface area (Å²) in [5.74, 6) is 0.369. The van der Waals surface area contributed by atoms with E-state index in [1.165, 1.54) is 11.1 Å². The van der Waals surface area contributed by atoms with Crippen LogP contribution in [0.5, 0.6) is 0 Å². The van der Waals surface area contributed by atoms with Crippen molar-refractivity contribution >= 4 is 17.4 Å². The van der Waals surface area contributed by atoms with Crippen LogP contribution in [0.2, 0.25) is 0 Å². The number of hydrogen-bond acceptors (Lipinski definition) is 1. The number of alkyl halides is 1. The smallest absolute Gasteiger partial charge is 0.155 e. The van der Waals surface area contributed by atoms with Crippen molar-refractivity contribution in [3.05, 3.63) is 35.4 Å². The van der Waals surface area contributed by atoms with Crippen LogP contribution >= 0.6 is 11.6 Å². The van der Waals surface area contributed by atoms with Gasteiger partial charge < -0.3 is 0 Å². The summed E-state index contributed by atoms with van der Waals surface area (Å²) in [7, 11) is 0. The second-order valence-corrected chi connectivity index (χ2v) is 3.32. The Labute approximate surface area is 76.4 Å². The lowest BCUT2D eigenvalue weighted by molar-refractivity contribution is -0.118. The third-order valence-corrected chi connectivity index (χ3v) is 2.64. The number of benzene rings is 1. The summed E-state index contributed by atoms with van der Waals surface area (Å²) in [6.07, 6.45) is 0.877. The Hall–Kier alpha value is -0.820. The first-order chi connectivity index (χ1) is 5.83. The molecule has 0 aromatic heterocycles. The lowest BCUT2D eigenvalue weighted by atomic mass is 9.76. The van der Waals surface area contributed by atoms with Crippen LogP contribution in [-0.4, -0.2) is 11.7 Å². The van der Waals surface area contributed by atoms with Crippen LogP contribution < -0.4 is 0 Å². The highest BCUT2D eigenvalue weighted by Gasteiger charge is 2.30. The van der Waals surface area contributed by atoms with Crippen LogP contribution in [0.25, 0.3) is 0 Å². The molecule has 0 fully saturated rings. The summed E-state index contributed by atoms with van der Waals surface area (Å²) >= 11 is 5.48. The molecule has 0 saturated carbocycles. The first kappa shape index (κ1) is 7.81. The molecule has 0 N–H and O–H groups in total. The summed E-state index contributed by atoms with van der Waals surface area (Å²) < 4.78 is 0. The van der Waals surface area contributed by atoms with Crippen molar-refractivity contribution in [1.29, 1.82) is 0 Å². The molecule has 12 heavy (non-hydrogen) atoms. The summed E-state index contributed by atoms with van der Waals surface area (Å²) in [6, 6.07) is 8.04. The maximum atomic E-state index is 11.2. The predicted octanol–water partition coefficient (Wildman–Crippen LogP) is 2.13. The van der Waals surface area contributed by atoms with Crippen molar-refractivity contribution in [3.63, 3.8) is 0 Å². The van der Waals surface area contributed by atoms with Crippen LogP contribution in [-0.2, 0) is 11.2 Å². The van der Waals surface area contributed by atoms with Gasteiger partial charge in [-0.2, -0.15) is 0 Å². The number of ketones is 1. The molecule has 2 rings (SSSR count). The fourth-order valence-electron chi connectivity index (χ4n) is 1.64. The molecule has 1 aromatic carbocycles. The Balaban J connectivity index is 2.25. The third kappa shape index (κ3) is 1.05. The second-order valence-electron chi connectivity index (χ2n) is 3.06. The van der Waals surface area contributed by atoms with Gasteiger partial charge in [-0.3, -0.25) is 4.79 Å². The fourth-order valence-corrected chi connectivity index (χ4v) is 1.83. The topological polar surface area (TPSA) is 17.1 Å². The molecule has 0 saturated heterocycles. The van der Waals surface area contributed by atoms with Crippen molar-refractivity contribution in [2.75, 3.05) is 5.88 Å². The quantitative estimate of drug-likeness (QED) is 0.638. The van der Waals surface area contributed by atoms with E-state index in [9.17, 15) is 4.79 Å². The first-order valence-electron chi connectivity index (χ1n) is 3.99. The minimum absolute atomic E-state index is 0.0821. The van der Waals surface area contributed by atoms with Gasteiger partial charge in [-0.1, -0.05) is 24.3 Å². The van der Waals surface area contributed by atoms with Gasteiger partial charge in [0.1, 0.15) is 0 Å². The molecule has 0 aliphatic heterocycles. The number of carbonyl (C=O) groups excluding carboxylic acids is 1. The Morgan fingerprint density at radius 2 is 2.25 bits per heavy atom. The Morgan fingerprint density at radius 1 is 1.50 bits per heavy atom. The number of rotatable bonds is 2. The molecule has 1 unspecified atom stereocenters. The Bertz CT molecular complexity index is 319. The van der Waals surface area contributed by atoms with Crippen molar-refractivity contribution in [3.8, 4) is 0 Å². The standard InChI is InChI=1S/C10H9ClO/c11-6-10(12)9-5-7-3-1-2-4-8(7)9/h1-4,9H,5-6H2. The van der Waals surface area contributed by atoms with Crippen molar-refractivity contribution in [1.82, 2.24) is 0 Å². The van der Waals surface area contributed by atoms with Gasteiger partial charge in [-0.25, -0.2) is 0 Å². The number of Topliss-reactive ketones (excluding diaryl/α,β-unsaturated/α-hetero) is 1. The van der Waals surface area contributed by atoms with E-state index < -0.39 is 0 Å². The van der Waals surface area contributed by atoms with Gasteiger partial charge in [0, 0.05) is 5.92 Å². The average molecular weight is 181 g/mol. The minimum atomic E-state index is 0.0821. The van der Waals surface area contributed by atoms with Crippen molar-refractivity contribution in [2.24, 2.45) is 0 Å². The first-order valence-corrected chi connectivity index (χ1v) is 4.53. The molecular weight excluding hydrogens is 172 g/mol. The van der Waals surface area contributed by atoms with Gasteiger partial charge >= 0.3 is 0 Å². The van der Waals surface area contributed by atoms with E-state index in [-0.39, 0.29) is 17.6 Å². The highest BCUT2D eigenvalue weighted by molar-refractivity contribution is 6.28. The highest BCUT2D eigenvalue weighted by Crippen LogP contribution is 2.35. The van der Waals surface area contributed by atoms with Gasteiger partial charge in [0.25, 0.3) is 0 Å². The minimum Gasteiger partial charge on any atom is -0.298 e. The number of hydrogen-bond donors (Lipinski definition) is 0. The lowest BCUT2D eigenvalue weighted by Gasteiger charge is -2.27. The molecule has 1 atom stereocenters. The van der Waals surface area contributed by atoms with E-state index in [0.29, 0.717) is 0 Å². The Morgan fingerprint density at radius 3 is 2.92 bits per heavy atom.